The first kappa shape index (κ1) is 10.5. The van der Waals surface area contributed by atoms with E-state index in [4.69, 9.17) is 0 Å². The number of aryl methyl sites for hydroxylation is 1. The lowest BCUT2D eigenvalue weighted by Gasteiger charge is -2.09. The summed E-state index contributed by atoms with van der Waals surface area (Å²) in [6.07, 6.45) is 4.20. The molecule has 0 aromatic carbocycles. The van der Waals surface area contributed by atoms with Crippen molar-refractivity contribution >= 4 is 28.5 Å². The Morgan fingerprint density at radius 1 is 1.69 bits per heavy atom. The maximum atomic E-state index is 11.2. The summed E-state index contributed by atoms with van der Waals surface area (Å²) in [7, 11) is 3.52. The van der Waals surface area contributed by atoms with E-state index in [0.717, 1.165) is 3.57 Å². The van der Waals surface area contributed by atoms with Crippen molar-refractivity contribution in [1.82, 2.24) is 14.7 Å². The van der Waals surface area contributed by atoms with Crippen molar-refractivity contribution in [2.45, 2.75) is 13.0 Å². The summed E-state index contributed by atoms with van der Waals surface area (Å²) in [6.45, 7) is 0.653. The van der Waals surface area contributed by atoms with Gasteiger partial charge in [0.1, 0.15) is 0 Å². The standard InChI is InChI=1S/C8H12IN3O/c1-11(2)8(13)3-4-12-6-7(9)5-10-12/h5-6H,3-4H2,1-2H3. The fourth-order valence-corrected chi connectivity index (χ4v) is 1.34. The lowest BCUT2D eigenvalue weighted by Crippen LogP contribution is -2.22. The van der Waals surface area contributed by atoms with Crippen LogP contribution in [-0.2, 0) is 11.3 Å². The SMILES string of the molecule is CN(C)C(=O)CCn1cc(I)cn1. The van der Waals surface area contributed by atoms with Gasteiger partial charge >= 0.3 is 0 Å². The molecule has 1 amide bonds. The van der Waals surface area contributed by atoms with Gasteiger partial charge in [0.15, 0.2) is 0 Å². The smallest absolute Gasteiger partial charge is 0.223 e. The number of aromatic nitrogens is 2. The summed E-state index contributed by atoms with van der Waals surface area (Å²) in [6, 6.07) is 0. The van der Waals surface area contributed by atoms with Crippen molar-refractivity contribution in [3.63, 3.8) is 0 Å². The molecule has 1 heterocycles. The Balaban J connectivity index is 2.39. The first-order chi connectivity index (χ1) is 6.09. The van der Waals surface area contributed by atoms with Crippen LogP contribution in [0.2, 0.25) is 0 Å². The summed E-state index contributed by atoms with van der Waals surface area (Å²) in [5, 5.41) is 4.09. The molecule has 13 heavy (non-hydrogen) atoms. The topological polar surface area (TPSA) is 38.1 Å². The molecule has 1 aromatic rings. The number of halogens is 1. The van der Waals surface area contributed by atoms with Crippen LogP contribution in [-0.4, -0.2) is 34.7 Å². The van der Waals surface area contributed by atoms with Crippen LogP contribution in [0.4, 0.5) is 0 Å². The monoisotopic (exact) mass is 293 g/mol. The molecule has 0 fully saturated rings. The normalized spacial score (nSPS) is 10.1. The summed E-state index contributed by atoms with van der Waals surface area (Å²) >= 11 is 2.19. The molecule has 1 rings (SSSR count). The van der Waals surface area contributed by atoms with Gasteiger partial charge in [-0.15, -0.1) is 0 Å². The van der Waals surface area contributed by atoms with Crippen LogP contribution in [0.1, 0.15) is 6.42 Å². The summed E-state index contributed by atoms with van der Waals surface area (Å²) < 4.78 is 2.87. The molecule has 1 aromatic heterocycles. The number of carbonyl (C=O) groups is 1. The Hall–Kier alpha value is -0.590. The molecule has 72 valence electrons. The molecule has 0 aliphatic rings. The van der Waals surface area contributed by atoms with Crippen molar-refractivity contribution in [1.29, 1.82) is 0 Å². The maximum Gasteiger partial charge on any atom is 0.223 e. The predicted molar refractivity (Wildman–Crippen MR) is 58.3 cm³/mol. The molecule has 0 saturated carbocycles. The predicted octanol–water partition coefficient (Wildman–Crippen LogP) is 0.966. The minimum absolute atomic E-state index is 0.130. The third kappa shape index (κ3) is 3.33. The van der Waals surface area contributed by atoms with Crippen molar-refractivity contribution in [3.8, 4) is 0 Å². The molecule has 0 aliphatic heterocycles. The molecule has 0 radical (unpaired) electrons. The average Bonchev–Trinajstić information content (AvgIpc) is 2.47. The van der Waals surface area contributed by atoms with Gasteiger partial charge < -0.3 is 4.90 Å². The number of rotatable bonds is 3. The van der Waals surface area contributed by atoms with Crippen molar-refractivity contribution in [2.75, 3.05) is 14.1 Å². The lowest BCUT2D eigenvalue weighted by atomic mass is 10.4. The van der Waals surface area contributed by atoms with Gasteiger partial charge in [0.25, 0.3) is 0 Å². The van der Waals surface area contributed by atoms with Crippen LogP contribution < -0.4 is 0 Å². The quantitative estimate of drug-likeness (QED) is 0.779. The van der Waals surface area contributed by atoms with Crippen molar-refractivity contribution < 1.29 is 4.79 Å². The van der Waals surface area contributed by atoms with Crippen LogP contribution in [0, 0.1) is 3.57 Å². The second kappa shape index (κ2) is 4.59. The lowest BCUT2D eigenvalue weighted by molar-refractivity contribution is -0.128. The Morgan fingerprint density at radius 3 is 2.85 bits per heavy atom. The van der Waals surface area contributed by atoms with E-state index in [1.165, 1.54) is 0 Å². The van der Waals surface area contributed by atoms with E-state index < -0.39 is 0 Å². The molecule has 5 heteroatoms. The van der Waals surface area contributed by atoms with E-state index in [-0.39, 0.29) is 5.91 Å². The first-order valence-corrected chi connectivity index (χ1v) is 5.05. The third-order valence-corrected chi connectivity index (χ3v) is 2.21. The Kier molecular flexibility index (Phi) is 3.71. The van der Waals surface area contributed by atoms with Crippen LogP contribution in [0.15, 0.2) is 12.4 Å². The van der Waals surface area contributed by atoms with Gasteiger partial charge in [-0.1, -0.05) is 0 Å². The van der Waals surface area contributed by atoms with E-state index >= 15 is 0 Å². The molecule has 0 bridgehead atoms. The zero-order valence-electron chi connectivity index (χ0n) is 7.70. The molecule has 0 spiro atoms. The van der Waals surface area contributed by atoms with Crippen LogP contribution in [0.25, 0.3) is 0 Å². The minimum atomic E-state index is 0.130. The molecular formula is C8H12IN3O. The van der Waals surface area contributed by atoms with Crippen LogP contribution in [0.5, 0.6) is 0 Å². The van der Waals surface area contributed by atoms with Crippen molar-refractivity contribution in [3.05, 3.63) is 16.0 Å². The van der Waals surface area contributed by atoms with E-state index in [1.807, 2.05) is 6.20 Å². The zero-order valence-corrected chi connectivity index (χ0v) is 9.85. The highest BCUT2D eigenvalue weighted by Crippen LogP contribution is 2.02. The van der Waals surface area contributed by atoms with E-state index in [0.29, 0.717) is 13.0 Å². The van der Waals surface area contributed by atoms with Gasteiger partial charge in [0, 0.05) is 33.3 Å². The Morgan fingerprint density at radius 2 is 2.38 bits per heavy atom. The van der Waals surface area contributed by atoms with E-state index in [9.17, 15) is 4.79 Å². The highest BCUT2D eigenvalue weighted by Gasteiger charge is 2.04. The van der Waals surface area contributed by atoms with Gasteiger partial charge in [0.05, 0.1) is 9.77 Å². The second-order valence-corrected chi connectivity index (χ2v) is 4.21. The number of carbonyl (C=O) groups excluding carboxylic acids is 1. The molecular weight excluding hydrogens is 281 g/mol. The molecule has 0 unspecified atom stereocenters. The molecule has 0 saturated heterocycles. The van der Waals surface area contributed by atoms with Crippen LogP contribution >= 0.6 is 22.6 Å². The van der Waals surface area contributed by atoms with E-state index in [2.05, 4.69) is 27.7 Å². The first-order valence-electron chi connectivity index (χ1n) is 3.97. The van der Waals surface area contributed by atoms with Crippen molar-refractivity contribution in [2.24, 2.45) is 0 Å². The number of hydrogen-bond acceptors (Lipinski definition) is 2. The summed E-state index contributed by atoms with van der Waals surface area (Å²) in [4.78, 5) is 12.8. The van der Waals surface area contributed by atoms with Gasteiger partial charge in [-0.25, -0.2) is 0 Å². The average molecular weight is 293 g/mol. The van der Waals surface area contributed by atoms with Gasteiger partial charge in [0.2, 0.25) is 5.91 Å². The molecule has 4 nitrogen and oxygen atoms in total. The fraction of sp³-hybridized carbons (Fsp3) is 0.500. The molecule has 0 atom stereocenters. The van der Waals surface area contributed by atoms with Gasteiger partial charge in [-0.05, 0) is 22.6 Å². The maximum absolute atomic E-state index is 11.2. The highest BCUT2D eigenvalue weighted by atomic mass is 127. The molecule has 0 aliphatic carbocycles. The summed E-state index contributed by atoms with van der Waals surface area (Å²) in [5.41, 5.74) is 0. The van der Waals surface area contributed by atoms with Gasteiger partial charge in [-0.3, -0.25) is 9.48 Å². The summed E-state index contributed by atoms with van der Waals surface area (Å²) in [5.74, 6) is 0.130. The zero-order chi connectivity index (χ0) is 9.84. The molecule has 0 N–H and O–H groups in total. The van der Waals surface area contributed by atoms with E-state index in [1.54, 1.807) is 29.9 Å². The number of nitrogens with zero attached hydrogens (tertiary/aromatic N) is 3. The number of hydrogen-bond donors (Lipinski definition) is 0. The Bertz CT molecular complexity index is 295. The fourth-order valence-electron chi connectivity index (χ4n) is 0.894. The highest BCUT2D eigenvalue weighted by molar-refractivity contribution is 14.1. The van der Waals surface area contributed by atoms with Crippen LogP contribution in [0.3, 0.4) is 0 Å². The largest absolute Gasteiger partial charge is 0.349 e. The second-order valence-electron chi connectivity index (χ2n) is 2.96. The third-order valence-electron chi connectivity index (χ3n) is 1.66. The minimum Gasteiger partial charge on any atom is -0.349 e. The van der Waals surface area contributed by atoms with Gasteiger partial charge in [-0.2, -0.15) is 5.10 Å². The number of amides is 1. The Labute approximate surface area is 91.0 Å².